The number of aromatic hydroxyl groups is 1. The minimum atomic E-state index is -4.56. The third kappa shape index (κ3) is 4.70. The van der Waals surface area contributed by atoms with Crippen LogP contribution in [0.5, 0.6) is 34.5 Å². The fourth-order valence-electron chi connectivity index (χ4n) is 4.80. The first-order valence-electron chi connectivity index (χ1n) is 11.9. The molecule has 210 valence electrons. The van der Waals surface area contributed by atoms with Gasteiger partial charge < -0.3 is 28.8 Å². The molecule has 1 N–H and O–H groups in total. The number of carbonyl (C=O) groups excluding carboxylic acids is 1. The van der Waals surface area contributed by atoms with Crippen LogP contribution in [0, 0.1) is 6.92 Å². The highest BCUT2D eigenvalue weighted by molar-refractivity contribution is 6.19. The van der Waals surface area contributed by atoms with Crippen LogP contribution in [-0.4, -0.2) is 46.4 Å². The topological polar surface area (TPSA) is 83.5 Å². The van der Waals surface area contributed by atoms with Crippen LogP contribution in [0.15, 0.2) is 48.5 Å². The SMILES string of the molecule is COc1ccc(-c2c(C)c(C(=O)c3ccc(C(F)(F)F)cc3)c(O)c3cc(OC)c(OC)c(OC)c23)cc1OC. The van der Waals surface area contributed by atoms with Crippen molar-refractivity contribution < 1.29 is 46.8 Å². The zero-order valence-electron chi connectivity index (χ0n) is 22.6. The quantitative estimate of drug-likeness (QED) is 0.239. The molecule has 0 saturated heterocycles. The molecule has 0 aliphatic heterocycles. The third-order valence-corrected chi connectivity index (χ3v) is 6.70. The lowest BCUT2D eigenvalue weighted by molar-refractivity contribution is -0.137. The molecule has 0 unspecified atom stereocenters. The Kier molecular flexibility index (Phi) is 7.72. The van der Waals surface area contributed by atoms with Crippen LogP contribution in [0.25, 0.3) is 21.9 Å². The van der Waals surface area contributed by atoms with Gasteiger partial charge in [-0.25, -0.2) is 0 Å². The monoisotopic (exact) mass is 556 g/mol. The molecule has 0 atom stereocenters. The van der Waals surface area contributed by atoms with E-state index in [-0.39, 0.29) is 39.5 Å². The number of methoxy groups -OCH3 is 5. The van der Waals surface area contributed by atoms with Crippen molar-refractivity contribution in [3.8, 4) is 45.6 Å². The number of alkyl halides is 3. The number of hydrogen-bond acceptors (Lipinski definition) is 7. The highest BCUT2D eigenvalue weighted by Crippen LogP contribution is 2.52. The first-order chi connectivity index (χ1) is 19.0. The normalized spacial score (nSPS) is 11.3. The van der Waals surface area contributed by atoms with Gasteiger partial charge in [-0.15, -0.1) is 0 Å². The van der Waals surface area contributed by atoms with Crippen molar-refractivity contribution in [1.82, 2.24) is 0 Å². The smallest absolute Gasteiger partial charge is 0.416 e. The molecule has 40 heavy (non-hydrogen) atoms. The van der Waals surface area contributed by atoms with Gasteiger partial charge in [-0.3, -0.25) is 4.79 Å². The molecule has 0 aliphatic rings. The van der Waals surface area contributed by atoms with E-state index in [1.54, 1.807) is 25.1 Å². The van der Waals surface area contributed by atoms with E-state index in [0.29, 0.717) is 33.6 Å². The minimum absolute atomic E-state index is 0.0311. The van der Waals surface area contributed by atoms with Crippen molar-refractivity contribution in [2.24, 2.45) is 0 Å². The molecule has 0 amide bonds. The minimum Gasteiger partial charge on any atom is -0.507 e. The second kappa shape index (κ2) is 10.9. The highest BCUT2D eigenvalue weighted by atomic mass is 19.4. The van der Waals surface area contributed by atoms with Gasteiger partial charge in [0, 0.05) is 16.3 Å². The van der Waals surface area contributed by atoms with Gasteiger partial charge in [-0.1, -0.05) is 18.2 Å². The number of phenols is 1. The fourth-order valence-corrected chi connectivity index (χ4v) is 4.80. The van der Waals surface area contributed by atoms with E-state index in [9.17, 15) is 23.1 Å². The Bertz CT molecular complexity index is 1590. The maximum Gasteiger partial charge on any atom is 0.416 e. The lowest BCUT2D eigenvalue weighted by Crippen LogP contribution is -2.09. The number of phenolic OH excluding ortho intramolecular Hbond substituents is 1. The summed E-state index contributed by atoms with van der Waals surface area (Å²) in [6.45, 7) is 1.64. The molecule has 0 fully saturated rings. The summed E-state index contributed by atoms with van der Waals surface area (Å²) in [6.07, 6.45) is -4.56. The largest absolute Gasteiger partial charge is 0.507 e. The summed E-state index contributed by atoms with van der Waals surface area (Å²) in [4.78, 5) is 13.8. The van der Waals surface area contributed by atoms with E-state index < -0.39 is 17.5 Å². The Morgan fingerprint density at radius 2 is 1.35 bits per heavy atom. The average Bonchev–Trinajstić information content (AvgIpc) is 2.95. The number of carbonyl (C=O) groups is 1. The Morgan fingerprint density at radius 3 is 1.88 bits per heavy atom. The van der Waals surface area contributed by atoms with E-state index in [4.69, 9.17) is 23.7 Å². The maximum absolute atomic E-state index is 13.8. The summed E-state index contributed by atoms with van der Waals surface area (Å²) < 4.78 is 67.0. The number of fused-ring (bicyclic) bond motifs is 1. The lowest BCUT2D eigenvalue weighted by Gasteiger charge is -2.22. The summed E-state index contributed by atoms with van der Waals surface area (Å²) in [5, 5.41) is 12.1. The molecule has 0 saturated carbocycles. The van der Waals surface area contributed by atoms with Gasteiger partial charge in [0.25, 0.3) is 0 Å². The van der Waals surface area contributed by atoms with Gasteiger partial charge >= 0.3 is 6.18 Å². The van der Waals surface area contributed by atoms with Crippen molar-refractivity contribution in [3.05, 3.63) is 70.8 Å². The van der Waals surface area contributed by atoms with E-state index >= 15 is 0 Å². The predicted molar refractivity (Wildman–Crippen MR) is 143 cm³/mol. The van der Waals surface area contributed by atoms with Crippen LogP contribution in [0.4, 0.5) is 13.2 Å². The Labute approximate surface area is 228 Å². The summed E-state index contributed by atoms with van der Waals surface area (Å²) in [7, 11) is 7.27. The van der Waals surface area contributed by atoms with Gasteiger partial charge in [0.05, 0.1) is 46.7 Å². The molecule has 0 heterocycles. The summed E-state index contributed by atoms with van der Waals surface area (Å²) >= 11 is 0. The molecular weight excluding hydrogens is 529 g/mol. The zero-order valence-corrected chi connectivity index (χ0v) is 22.6. The molecule has 7 nitrogen and oxygen atoms in total. The van der Waals surface area contributed by atoms with Gasteiger partial charge in [-0.05, 0) is 53.9 Å². The summed E-state index contributed by atoms with van der Waals surface area (Å²) in [5.41, 5.74) is 0.431. The van der Waals surface area contributed by atoms with Crippen LogP contribution in [0.2, 0.25) is 0 Å². The van der Waals surface area contributed by atoms with E-state index in [1.165, 1.54) is 41.6 Å². The van der Waals surface area contributed by atoms with Crippen molar-refractivity contribution in [2.75, 3.05) is 35.5 Å². The molecule has 0 aromatic heterocycles. The maximum atomic E-state index is 13.8. The Balaban J connectivity index is 2.12. The zero-order chi connectivity index (χ0) is 29.4. The molecule has 0 bridgehead atoms. The third-order valence-electron chi connectivity index (χ3n) is 6.70. The van der Waals surface area contributed by atoms with Gasteiger partial charge in [0.2, 0.25) is 5.75 Å². The summed E-state index contributed by atoms with van der Waals surface area (Å²) in [6, 6.07) is 10.5. The predicted octanol–water partition coefficient (Wildman–Crippen LogP) is 6.81. The first-order valence-corrected chi connectivity index (χ1v) is 11.9. The van der Waals surface area contributed by atoms with E-state index in [0.717, 1.165) is 24.3 Å². The highest BCUT2D eigenvalue weighted by Gasteiger charge is 2.32. The fraction of sp³-hybridized carbons (Fsp3) is 0.233. The van der Waals surface area contributed by atoms with Gasteiger partial charge in [0.1, 0.15) is 5.75 Å². The second-order valence-electron chi connectivity index (χ2n) is 8.77. The van der Waals surface area contributed by atoms with Crippen LogP contribution in [-0.2, 0) is 6.18 Å². The average molecular weight is 557 g/mol. The number of benzene rings is 4. The molecule has 0 radical (unpaired) electrons. The van der Waals surface area contributed by atoms with Crippen LogP contribution >= 0.6 is 0 Å². The Hall–Kier alpha value is -4.60. The molecule has 0 aliphatic carbocycles. The Morgan fingerprint density at radius 1 is 0.750 bits per heavy atom. The molecule has 4 aromatic carbocycles. The first kappa shape index (κ1) is 28.4. The second-order valence-corrected chi connectivity index (χ2v) is 8.77. The van der Waals surface area contributed by atoms with E-state index in [1.807, 2.05) is 0 Å². The van der Waals surface area contributed by atoms with Crippen LogP contribution < -0.4 is 23.7 Å². The summed E-state index contributed by atoms with van der Waals surface area (Å²) in [5.74, 6) is 0.572. The van der Waals surface area contributed by atoms with Gasteiger partial charge in [-0.2, -0.15) is 13.2 Å². The van der Waals surface area contributed by atoms with Gasteiger partial charge in [0.15, 0.2) is 28.8 Å². The van der Waals surface area contributed by atoms with Crippen LogP contribution in [0.1, 0.15) is 27.0 Å². The van der Waals surface area contributed by atoms with E-state index in [2.05, 4.69) is 0 Å². The molecule has 4 aromatic rings. The van der Waals surface area contributed by atoms with Crippen molar-refractivity contribution in [2.45, 2.75) is 13.1 Å². The standard InChI is InChI=1S/C30H27F3O7/c1-15-23(17-9-12-20(36-2)21(13-17)37-3)25-19(14-22(38-4)28(39-5)29(25)40-6)27(35)24(15)26(34)16-7-10-18(11-8-16)30(31,32)33/h7-14,35H,1-6H3. The lowest BCUT2D eigenvalue weighted by atomic mass is 9.85. The molecular formula is C30H27F3O7. The van der Waals surface area contributed by atoms with Crippen molar-refractivity contribution in [1.29, 1.82) is 0 Å². The van der Waals surface area contributed by atoms with Crippen molar-refractivity contribution >= 4 is 16.6 Å². The number of hydrogen-bond donors (Lipinski definition) is 1. The van der Waals surface area contributed by atoms with Crippen molar-refractivity contribution in [3.63, 3.8) is 0 Å². The molecule has 4 rings (SSSR count). The number of halogens is 3. The van der Waals surface area contributed by atoms with Crippen LogP contribution in [0.3, 0.4) is 0 Å². The number of ketones is 1. The molecule has 0 spiro atoms. The number of rotatable bonds is 8. The molecule has 10 heteroatoms. The number of ether oxygens (including phenoxy) is 5.